The van der Waals surface area contributed by atoms with Gasteiger partial charge in [-0.25, -0.2) is 0 Å². The summed E-state index contributed by atoms with van der Waals surface area (Å²) in [6.45, 7) is 16.0. The fourth-order valence-electron chi connectivity index (χ4n) is 2.91. The lowest BCUT2D eigenvalue weighted by Gasteiger charge is -2.22. The van der Waals surface area contributed by atoms with Crippen LogP contribution in [-0.2, 0) is 4.79 Å². The zero-order valence-electron chi connectivity index (χ0n) is 17.2. The van der Waals surface area contributed by atoms with E-state index in [1.165, 1.54) is 36.3 Å². The molecule has 0 bridgehead atoms. The van der Waals surface area contributed by atoms with Crippen molar-refractivity contribution in [3.63, 3.8) is 0 Å². The summed E-state index contributed by atoms with van der Waals surface area (Å²) in [5.41, 5.74) is 5.16. The Balaban J connectivity index is 0.000000765. The van der Waals surface area contributed by atoms with Crippen LogP contribution in [0.15, 0.2) is 48.5 Å². The van der Waals surface area contributed by atoms with Gasteiger partial charge in [0.25, 0.3) is 0 Å². The molecule has 2 aromatic rings. The average molecular weight is 355 g/mol. The molecule has 0 spiro atoms. The van der Waals surface area contributed by atoms with Crippen LogP contribution in [-0.4, -0.2) is 32.0 Å². The number of Topliss-reactive ketones (excluding diaryl/α,β-unsaturated/α-hetero) is 1. The fourth-order valence-corrected chi connectivity index (χ4v) is 2.91. The molecule has 3 nitrogen and oxygen atoms in total. The standard InChI is InChI=1S/C20H28N2.C3H6O/c1-5-21(6-2)19-13-9-17(10-14-19)18-11-15-20(16-12-18)22(7-3)8-4;1-3(2)4/h9-16H,5-8H2,1-4H3;1-2H3. The fraction of sp³-hybridized carbons (Fsp3) is 0.435. The smallest absolute Gasteiger partial charge is 0.126 e. The number of rotatable bonds is 7. The van der Waals surface area contributed by atoms with E-state index in [9.17, 15) is 4.79 Å². The topological polar surface area (TPSA) is 23.6 Å². The molecule has 0 saturated carbocycles. The minimum absolute atomic E-state index is 0.167. The van der Waals surface area contributed by atoms with Gasteiger partial charge in [0.1, 0.15) is 5.78 Å². The lowest BCUT2D eigenvalue weighted by Crippen LogP contribution is -2.21. The molecular formula is C23H34N2O. The second-order valence-corrected chi connectivity index (χ2v) is 6.35. The molecule has 0 atom stereocenters. The highest BCUT2D eigenvalue weighted by Crippen LogP contribution is 2.25. The molecule has 0 radical (unpaired) electrons. The first-order valence-electron chi connectivity index (χ1n) is 9.64. The molecule has 3 heteroatoms. The highest BCUT2D eigenvalue weighted by Gasteiger charge is 2.04. The zero-order chi connectivity index (χ0) is 19.5. The SMILES string of the molecule is CC(C)=O.CCN(CC)c1ccc(-c2ccc(N(CC)CC)cc2)cc1. The maximum atomic E-state index is 9.44. The molecular weight excluding hydrogens is 320 g/mol. The second-order valence-electron chi connectivity index (χ2n) is 6.35. The van der Waals surface area contributed by atoms with Crippen molar-refractivity contribution in [3.8, 4) is 11.1 Å². The molecule has 2 rings (SSSR count). The Hall–Kier alpha value is -2.29. The van der Waals surface area contributed by atoms with Gasteiger partial charge in [-0.1, -0.05) is 24.3 Å². The lowest BCUT2D eigenvalue weighted by atomic mass is 10.0. The monoisotopic (exact) mass is 354 g/mol. The van der Waals surface area contributed by atoms with Crippen LogP contribution < -0.4 is 9.80 Å². The Kier molecular flexibility index (Phi) is 9.50. The highest BCUT2D eigenvalue weighted by molar-refractivity contribution is 5.72. The summed E-state index contributed by atoms with van der Waals surface area (Å²) >= 11 is 0. The Morgan fingerprint density at radius 2 is 0.846 bits per heavy atom. The first-order chi connectivity index (χ1) is 12.5. The van der Waals surface area contributed by atoms with Crippen molar-refractivity contribution in [2.45, 2.75) is 41.5 Å². The third-order valence-electron chi connectivity index (χ3n) is 4.33. The molecule has 0 fully saturated rings. The maximum Gasteiger partial charge on any atom is 0.126 e. The third-order valence-corrected chi connectivity index (χ3v) is 4.33. The summed E-state index contributed by atoms with van der Waals surface area (Å²) < 4.78 is 0. The van der Waals surface area contributed by atoms with Crippen LogP contribution in [0.25, 0.3) is 11.1 Å². The first kappa shape index (κ1) is 21.8. The number of anilines is 2. The van der Waals surface area contributed by atoms with Gasteiger partial charge in [0.05, 0.1) is 0 Å². The van der Waals surface area contributed by atoms with Gasteiger partial charge in [0.15, 0.2) is 0 Å². The number of hydrogen-bond acceptors (Lipinski definition) is 3. The van der Waals surface area contributed by atoms with Gasteiger partial charge in [-0.2, -0.15) is 0 Å². The summed E-state index contributed by atoms with van der Waals surface area (Å²) in [7, 11) is 0. The van der Waals surface area contributed by atoms with Crippen LogP contribution in [0.3, 0.4) is 0 Å². The summed E-state index contributed by atoms with van der Waals surface area (Å²) in [4.78, 5) is 14.2. The second kappa shape index (κ2) is 11.3. The van der Waals surface area contributed by atoms with E-state index in [1.807, 2.05) is 0 Å². The van der Waals surface area contributed by atoms with Crippen molar-refractivity contribution >= 4 is 17.2 Å². The van der Waals surface area contributed by atoms with Crippen molar-refractivity contribution in [1.82, 2.24) is 0 Å². The van der Waals surface area contributed by atoms with Crippen LogP contribution in [0.5, 0.6) is 0 Å². The Morgan fingerprint density at radius 3 is 1.04 bits per heavy atom. The molecule has 0 aliphatic heterocycles. The predicted octanol–water partition coefficient (Wildman–Crippen LogP) is 5.64. The van der Waals surface area contributed by atoms with E-state index in [0.717, 1.165) is 26.2 Å². The van der Waals surface area contributed by atoms with Crippen molar-refractivity contribution < 1.29 is 4.79 Å². The lowest BCUT2D eigenvalue weighted by molar-refractivity contribution is -0.114. The van der Waals surface area contributed by atoms with E-state index in [0.29, 0.717) is 0 Å². The number of carbonyl (C=O) groups excluding carboxylic acids is 1. The largest absolute Gasteiger partial charge is 0.372 e. The van der Waals surface area contributed by atoms with Crippen LogP contribution in [0.4, 0.5) is 11.4 Å². The van der Waals surface area contributed by atoms with Gasteiger partial charge in [0.2, 0.25) is 0 Å². The molecule has 0 amide bonds. The minimum Gasteiger partial charge on any atom is -0.372 e. The molecule has 0 aliphatic rings. The van der Waals surface area contributed by atoms with E-state index in [1.54, 1.807) is 0 Å². The van der Waals surface area contributed by atoms with Gasteiger partial charge in [-0.15, -0.1) is 0 Å². The van der Waals surface area contributed by atoms with Crippen LogP contribution in [0.1, 0.15) is 41.5 Å². The van der Waals surface area contributed by atoms with Crippen LogP contribution >= 0.6 is 0 Å². The Labute approximate surface area is 159 Å². The zero-order valence-corrected chi connectivity index (χ0v) is 17.2. The van der Waals surface area contributed by atoms with E-state index in [4.69, 9.17) is 0 Å². The summed E-state index contributed by atoms with van der Waals surface area (Å²) in [5, 5.41) is 0. The average Bonchev–Trinajstić information content (AvgIpc) is 2.64. The van der Waals surface area contributed by atoms with Crippen molar-refractivity contribution in [3.05, 3.63) is 48.5 Å². The predicted molar refractivity (Wildman–Crippen MR) is 115 cm³/mol. The molecule has 142 valence electrons. The molecule has 0 unspecified atom stereocenters. The van der Waals surface area contributed by atoms with Crippen LogP contribution in [0, 0.1) is 0 Å². The summed E-state index contributed by atoms with van der Waals surface area (Å²) in [6.07, 6.45) is 0. The van der Waals surface area contributed by atoms with Gasteiger partial charge in [0, 0.05) is 37.6 Å². The van der Waals surface area contributed by atoms with E-state index < -0.39 is 0 Å². The minimum atomic E-state index is 0.167. The molecule has 0 heterocycles. The number of ketones is 1. The van der Waals surface area contributed by atoms with Gasteiger partial charge in [-0.05, 0) is 76.9 Å². The van der Waals surface area contributed by atoms with E-state index in [-0.39, 0.29) is 5.78 Å². The Morgan fingerprint density at radius 1 is 0.615 bits per heavy atom. The van der Waals surface area contributed by atoms with Crippen LogP contribution in [0.2, 0.25) is 0 Å². The number of benzene rings is 2. The molecule has 2 aromatic carbocycles. The maximum absolute atomic E-state index is 9.44. The highest BCUT2D eigenvalue weighted by atomic mass is 16.1. The Bertz CT molecular complexity index is 581. The quantitative estimate of drug-likeness (QED) is 0.643. The van der Waals surface area contributed by atoms with E-state index >= 15 is 0 Å². The van der Waals surface area contributed by atoms with Crippen molar-refractivity contribution in [2.75, 3.05) is 36.0 Å². The normalized spacial score (nSPS) is 9.92. The van der Waals surface area contributed by atoms with Gasteiger partial charge < -0.3 is 14.6 Å². The van der Waals surface area contributed by atoms with Crippen molar-refractivity contribution in [2.24, 2.45) is 0 Å². The number of carbonyl (C=O) groups is 1. The first-order valence-corrected chi connectivity index (χ1v) is 9.64. The van der Waals surface area contributed by atoms with Gasteiger partial charge in [-0.3, -0.25) is 0 Å². The molecule has 0 aliphatic carbocycles. The molecule has 26 heavy (non-hydrogen) atoms. The number of nitrogens with zero attached hydrogens (tertiary/aromatic N) is 2. The van der Waals surface area contributed by atoms with Crippen molar-refractivity contribution in [1.29, 1.82) is 0 Å². The van der Waals surface area contributed by atoms with Gasteiger partial charge >= 0.3 is 0 Å². The van der Waals surface area contributed by atoms with E-state index in [2.05, 4.69) is 86.0 Å². The number of hydrogen-bond donors (Lipinski definition) is 0. The summed E-state index contributed by atoms with van der Waals surface area (Å²) in [6, 6.07) is 17.8. The molecule has 0 N–H and O–H groups in total. The molecule has 0 aromatic heterocycles. The molecule has 0 saturated heterocycles. The summed E-state index contributed by atoms with van der Waals surface area (Å²) in [5.74, 6) is 0.167. The third kappa shape index (κ3) is 6.55.